The fraction of sp³-hybridized carbons (Fsp3) is 0.0714. The summed E-state index contributed by atoms with van der Waals surface area (Å²) in [5.74, 6) is 0.215. The van der Waals surface area contributed by atoms with Gasteiger partial charge in [-0.25, -0.2) is 0 Å². The van der Waals surface area contributed by atoms with Crippen LogP contribution in [0.3, 0.4) is 0 Å². The summed E-state index contributed by atoms with van der Waals surface area (Å²) in [6.45, 7) is 0. The van der Waals surface area contributed by atoms with Gasteiger partial charge >= 0.3 is 0 Å². The maximum absolute atomic E-state index is 12.4. The standard InChI is InChI=1S/C14H13N5O/c1-19-13(11(15)8-17-19)18-14(20)10-6-2-4-9-5-3-7-16-12(9)10/h2-8H,15H2,1H3,(H,18,20). The molecule has 0 spiro atoms. The number of benzene rings is 1. The Bertz CT molecular complexity index is 768. The number of hydrogen-bond donors (Lipinski definition) is 2. The molecule has 20 heavy (non-hydrogen) atoms. The van der Waals surface area contributed by atoms with Gasteiger partial charge in [-0.2, -0.15) is 5.10 Å². The summed E-state index contributed by atoms with van der Waals surface area (Å²) in [4.78, 5) is 16.6. The van der Waals surface area contributed by atoms with E-state index in [0.717, 1.165) is 5.39 Å². The number of aryl methyl sites for hydroxylation is 1. The molecule has 0 fully saturated rings. The first kappa shape index (κ1) is 12.2. The van der Waals surface area contributed by atoms with Gasteiger partial charge in [0, 0.05) is 18.6 Å². The molecule has 6 heteroatoms. The van der Waals surface area contributed by atoms with Gasteiger partial charge in [-0.3, -0.25) is 14.5 Å². The average molecular weight is 267 g/mol. The monoisotopic (exact) mass is 267 g/mol. The highest BCUT2D eigenvalue weighted by molar-refractivity contribution is 6.12. The molecule has 0 bridgehead atoms. The molecule has 0 saturated carbocycles. The zero-order valence-corrected chi connectivity index (χ0v) is 10.9. The summed E-state index contributed by atoms with van der Waals surface area (Å²) < 4.78 is 1.52. The van der Waals surface area contributed by atoms with Crippen molar-refractivity contribution in [1.29, 1.82) is 0 Å². The fourth-order valence-corrected chi connectivity index (χ4v) is 2.07. The quantitative estimate of drug-likeness (QED) is 0.741. The van der Waals surface area contributed by atoms with E-state index in [1.54, 1.807) is 19.3 Å². The number of nitrogens with one attached hydrogen (secondary N) is 1. The second kappa shape index (κ2) is 4.65. The van der Waals surface area contributed by atoms with Gasteiger partial charge in [0.1, 0.15) is 0 Å². The van der Waals surface area contributed by atoms with Crippen LogP contribution < -0.4 is 11.1 Å². The summed E-state index contributed by atoms with van der Waals surface area (Å²) in [6, 6.07) is 9.22. The molecule has 1 aromatic carbocycles. The molecule has 2 aromatic heterocycles. The number of hydrogen-bond acceptors (Lipinski definition) is 4. The molecular weight excluding hydrogens is 254 g/mol. The number of fused-ring (bicyclic) bond motifs is 1. The van der Waals surface area contributed by atoms with E-state index in [2.05, 4.69) is 15.4 Å². The Hall–Kier alpha value is -2.89. The molecule has 0 aliphatic rings. The van der Waals surface area contributed by atoms with E-state index in [1.165, 1.54) is 10.9 Å². The molecular formula is C14H13N5O. The maximum atomic E-state index is 12.4. The SMILES string of the molecule is Cn1ncc(N)c1NC(=O)c1cccc2cccnc12. The summed E-state index contributed by atoms with van der Waals surface area (Å²) in [6.07, 6.45) is 3.16. The lowest BCUT2D eigenvalue weighted by Gasteiger charge is -2.08. The Morgan fingerprint density at radius 2 is 2.10 bits per heavy atom. The summed E-state index contributed by atoms with van der Waals surface area (Å²) in [7, 11) is 1.72. The number of carbonyl (C=O) groups is 1. The first-order valence-corrected chi connectivity index (χ1v) is 6.09. The van der Waals surface area contributed by atoms with E-state index in [-0.39, 0.29) is 5.91 Å². The van der Waals surface area contributed by atoms with Crippen LogP contribution in [0.2, 0.25) is 0 Å². The molecule has 0 aliphatic carbocycles. The Kier molecular flexibility index (Phi) is 2.83. The van der Waals surface area contributed by atoms with Crippen LogP contribution in [0.5, 0.6) is 0 Å². The number of carbonyl (C=O) groups excluding carboxylic acids is 1. The van der Waals surface area contributed by atoms with Crippen LogP contribution in [0.15, 0.2) is 42.7 Å². The normalized spacial score (nSPS) is 10.7. The van der Waals surface area contributed by atoms with Crippen LogP contribution in [0.4, 0.5) is 11.5 Å². The van der Waals surface area contributed by atoms with Gasteiger partial charge in [0.25, 0.3) is 5.91 Å². The lowest BCUT2D eigenvalue weighted by Crippen LogP contribution is -2.16. The number of rotatable bonds is 2. The van der Waals surface area contributed by atoms with Crippen molar-refractivity contribution in [3.63, 3.8) is 0 Å². The first-order chi connectivity index (χ1) is 9.66. The third-order valence-electron chi connectivity index (χ3n) is 3.08. The highest BCUT2D eigenvalue weighted by Gasteiger charge is 2.14. The fourth-order valence-electron chi connectivity index (χ4n) is 2.07. The van der Waals surface area contributed by atoms with Crippen molar-refractivity contribution in [3.05, 3.63) is 48.3 Å². The Morgan fingerprint density at radius 1 is 1.30 bits per heavy atom. The van der Waals surface area contributed by atoms with Crippen LogP contribution in [0.25, 0.3) is 10.9 Å². The van der Waals surface area contributed by atoms with Crippen LogP contribution >= 0.6 is 0 Å². The number of nitrogens with zero attached hydrogens (tertiary/aromatic N) is 3. The summed E-state index contributed by atoms with van der Waals surface area (Å²) >= 11 is 0. The molecule has 1 amide bonds. The van der Waals surface area contributed by atoms with Gasteiger partial charge in [0.15, 0.2) is 5.82 Å². The predicted molar refractivity (Wildman–Crippen MR) is 77.3 cm³/mol. The lowest BCUT2D eigenvalue weighted by atomic mass is 10.1. The number of para-hydroxylation sites is 1. The topological polar surface area (TPSA) is 85.8 Å². The predicted octanol–water partition coefficient (Wildman–Crippen LogP) is 1.80. The maximum Gasteiger partial charge on any atom is 0.259 e. The molecule has 3 aromatic rings. The summed E-state index contributed by atoms with van der Waals surface area (Å²) in [5, 5.41) is 7.66. The molecule has 0 aliphatic heterocycles. The van der Waals surface area contributed by atoms with Crippen LogP contribution in [-0.4, -0.2) is 20.7 Å². The zero-order valence-electron chi connectivity index (χ0n) is 10.9. The van der Waals surface area contributed by atoms with Crippen molar-refractivity contribution in [2.24, 2.45) is 7.05 Å². The minimum atomic E-state index is -0.260. The molecule has 3 rings (SSSR count). The van der Waals surface area contributed by atoms with Crippen LogP contribution in [-0.2, 0) is 7.05 Å². The number of nitrogens with two attached hydrogens (primary N) is 1. The molecule has 6 nitrogen and oxygen atoms in total. The largest absolute Gasteiger partial charge is 0.394 e. The van der Waals surface area contributed by atoms with Crippen molar-refractivity contribution >= 4 is 28.3 Å². The van der Waals surface area contributed by atoms with E-state index < -0.39 is 0 Å². The van der Waals surface area contributed by atoms with Crippen molar-refractivity contribution in [3.8, 4) is 0 Å². The third kappa shape index (κ3) is 1.97. The minimum Gasteiger partial charge on any atom is -0.394 e. The average Bonchev–Trinajstić information content (AvgIpc) is 2.78. The molecule has 0 unspecified atom stereocenters. The second-order valence-corrected chi connectivity index (χ2v) is 4.41. The number of pyridine rings is 1. The van der Waals surface area contributed by atoms with E-state index in [9.17, 15) is 4.79 Å². The summed E-state index contributed by atoms with van der Waals surface area (Å²) in [5.41, 5.74) is 7.36. The second-order valence-electron chi connectivity index (χ2n) is 4.41. The van der Waals surface area contributed by atoms with Crippen molar-refractivity contribution < 1.29 is 4.79 Å². The number of anilines is 2. The molecule has 0 saturated heterocycles. The van der Waals surface area contributed by atoms with Gasteiger partial charge in [0.05, 0.1) is 23.0 Å². The zero-order chi connectivity index (χ0) is 14.1. The Balaban J connectivity index is 2.01. The van der Waals surface area contributed by atoms with Crippen molar-refractivity contribution in [2.75, 3.05) is 11.1 Å². The highest BCUT2D eigenvalue weighted by atomic mass is 16.1. The third-order valence-corrected chi connectivity index (χ3v) is 3.08. The van der Waals surface area contributed by atoms with Crippen molar-refractivity contribution in [1.82, 2.24) is 14.8 Å². The Morgan fingerprint density at radius 3 is 2.85 bits per heavy atom. The molecule has 2 heterocycles. The van der Waals surface area contributed by atoms with E-state index >= 15 is 0 Å². The minimum absolute atomic E-state index is 0.260. The van der Waals surface area contributed by atoms with Gasteiger partial charge < -0.3 is 11.1 Å². The van der Waals surface area contributed by atoms with Gasteiger partial charge in [-0.15, -0.1) is 0 Å². The Labute approximate surface area is 115 Å². The van der Waals surface area contributed by atoms with Crippen LogP contribution in [0, 0.1) is 0 Å². The molecule has 0 atom stereocenters. The van der Waals surface area contributed by atoms with Crippen LogP contribution in [0.1, 0.15) is 10.4 Å². The highest BCUT2D eigenvalue weighted by Crippen LogP contribution is 2.20. The molecule has 100 valence electrons. The van der Waals surface area contributed by atoms with Crippen molar-refractivity contribution in [2.45, 2.75) is 0 Å². The number of aromatic nitrogens is 3. The first-order valence-electron chi connectivity index (χ1n) is 6.09. The van der Waals surface area contributed by atoms with E-state index in [4.69, 9.17) is 5.73 Å². The van der Waals surface area contributed by atoms with E-state index in [1.807, 2.05) is 24.3 Å². The number of nitrogen functional groups attached to an aromatic ring is 1. The van der Waals surface area contributed by atoms with Gasteiger partial charge in [-0.05, 0) is 12.1 Å². The van der Waals surface area contributed by atoms with E-state index in [0.29, 0.717) is 22.6 Å². The molecule has 3 N–H and O–H groups in total. The van der Waals surface area contributed by atoms with Gasteiger partial charge in [0.2, 0.25) is 0 Å². The number of amides is 1. The smallest absolute Gasteiger partial charge is 0.259 e. The lowest BCUT2D eigenvalue weighted by molar-refractivity contribution is 0.102. The molecule has 0 radical (unpaired) electrons. The van der Waals surface area contributed by atoms with Gasteiger partial charge in [-0.1, -0.05) is 18.2 Å².